The summed E-state index contributed by atoms with van der Waals surface area (Å²) in [5.74, 6) is 0.740. The first kappa shape index (κ1) is 8.86. The molecule has 2 heteroatoms. The summed E-state index contributed by atoms with van der Waals surface area (Å²) in [5.41, 5.74) is -0.0140. The third-order valence-corrected chi connectivity index (χ3v) is 1.70. The van der Waals surface area contributed by atoms with Crippen molar-refractivity contribution in [2.75, 3.05) is 0 Å². The van der Waals surface area contributed by atoms with Crippen LogP contribution in [0.3, 0.4) is 0 Å². The highest BCUT2D eigenvalue weighted by atomic mass is 16.5. The maximum absolute atomic E-state index is 8.67. The van der Waals surface area contributed by atoms with Gasteiger partial charge in [-0.3, -0.25) is 0 Å². The first-order chi connectivity index (χ1) is 5.54. The highest BCUT2D eigenvalue weighted by molar-refractivity contribution is 5.19. The van der Waals surface area contributed by atoms with Crippen LogP contribution in [0.15, 0.2) is 24.2 Å². The van der Waals surface area contributed by atoms with Crippen LogP contribution in [0, 0.1) is 22.7 Å². The van der Waals surface area contributed by atoms with Crippen LogP contribution < -0.4 is 0 Å². The van der Waals surface area contributed by atoms with Gasteiger partial charge in [-0.1, -0.05) is 20.8 Å². The molecule has 0 saturated carbocycles. The Morgan fingerprint density at radius 1 is 1.50 bits per heavy atom. The predicted molar refractivity (Wildman–Crippen MR) is 46.9 cm³/mol. The third kappa shape index (κ3) is 1.88. The highest BCUT2D eigenvalue weighted by Crippen LogP contribution is 2.29. The van der Waals surface area contributed by atoms with Gasteiger partial charge in [-0.25, -0.2) is 0 Å². The smallest absolute Gasteiger partial charge is 0.106 e. The SMILES string of the molecule is CC(C)(C)C1=CC(C#N)C=CO1. The normalized spacial score (nSPS) is 22.5. The third-order valence-electron chi connectivity index (χ3n) is 1.70. The van der Waals surface area contributed by atoms with Gasteiger partial charge in [0.05, 0.1) is 18.2 Å². The molecule has 0 aromatic heterocycles. The second-order valence-corrected chi connectivity index (χ2v) is 3.88. The Morgan fingerprint density at radius 3 is 2.67 bits per heavy atom. The Balaban J connectivity index is 2.83. The molecule has 0 amide bonds. The van der Waals surface area contributed by atoms with E-state index in [4.69, 9.17) is 10.00 Å². The van der Waals surface area contributed by atoms with E-state index in [1.807, 2.05) is 6.08 Å². The van der Waals surface area contributed by atoms with Crippen LogP contribution >= 0.6 is 0 Å². The molecule has 0 bridgehead atoms. The maximum Gasteiger partial charge on any atom is 0.106 e. The Bertz CT molecular complexity index is 263. The molecular weight excluding hydrogens is 150 g/mol. The molecule has 0 fully saturated rings. The topological polar surface area (TPSA) is 33.0 Å². The van der Waals surface area contributed by atoms with Gasteiger partial charge in [0.15, 0.2) is 0 Å². The van der Waals surface area contributed by atoms with E-state index in [1.54, 1.807) is 12.3 Å². The Labute approximate surface area is 73.1 Å². The van der Waals surface area contributed by atoms with Crippen molar-refractivity contribution in [2.45, 2.75) is 20.8 Å². The van der Waals surface area contributed by atoms with Crippen molar-refractivity contribution in [2.24, 2.45) is 11.3 Å². The quantitative estimate of drug-likeness (QED) is 0.550. The van der Waals surface area contributed by atoms with Gasteiger partial charge in [0.25, 0.3) is 0 Å². The Hall–Kier alpha value is -1.23. The number of rotatable bonds is 0. The zero-order valence-electron chi connectivity index (χ0n) is 7.66. The summed E-state index contributed by atoms with van der Waals surface area (Å²) in [6, 6.07) is 2.16. The van der Waals surface area contributed by atoms with Crippen LogP contribution in [0.5, 0.6) is 0 Å². The molecule has 0 spiro atoms. The van der Waals surface area contributed by atoms with Crippen LogP contribution in [0.1, 0.15) is 20.8 Å². The molecule has 1 aliphatic heterocycles. The van der Waals surface area contributed by atoms with Crippen molar-refractivity contribution in [1.29, 1.82) is 5.26 Å². The molecule has 2 nitrogen and oxygen atoms in total. The summed E-state index contributed by atoms with van der Waals surface area (Å²) < 4.78 is 5.30. The summed E-state index contributed by atoms with van der Waals surface area (Å²) >= 11 is 0. The summed E-state index contributed by atoms with van der Waals surface area (Å²) in [6.07, 6.45) is 5.20. The predicted octanol–water partition coefficient (Wildman–Crippen LogP) is 2.60. The molecule has 1 aliphatic rings. The number of allylic oxidation sites excluding steroid dienone is 3. The lowest BCUT2D eigenvalue weighted by Gasteiger charge is -2.24. The second-order valence-electron chi connectivity index (χ2n) is 3.88. The van der Waals surface area contributed by atoms with Gasteiger partial charge in [-0.15, -0.1) is 0 Å². The largest absolute Gasteiger partial charge is 0.469 e. The highest BCUT2D eigenvalue weighted by Gasteiger charge is 2.21. The number of nitriles is 1. The van der Waals surface area contributed by atoms with Gasteiger partial charge in [0.2, 0.25) is 0 Å². The zero-order chi connectivity index (χ0) is 9.19. The van der Waals surface area contributed by atoms with Crippen molar-refractivity contribution in [1.82, 2.24) is 0 Å². The fraction of sp³-hybridized carbons (Fsp3) is 0.500. The van der Waals surface area contributed by atoms with E-state index in [-0.39, 0.29) is 11.3 Å². The first-order valence-corrected chi connectivity index (χ1v) is 3.99. The number of ether oxygens (including phenoxy) is 1. The van der Waals surface area contributed by atoms with Crippen molar-refractivity contribution < 1.29 is 4.74 Å². The molecule has 0 N–H and O–H groups in total. The maximum atomic E-state index is 8.67. The van der Waals surface area contributed by atoms with E-state index in [0.29, 0.717) is 0 Å². The number of hydrogen-bond donors (Lipinski definition) is 0. The Morgan fingerprint density at radius 2 is 2.17 bits per heavy atom. The standard InChI is InChI=1S/C10H13NO/c1-10(2,3)9-6-8(7-11)4-5-12-9/h4-6,8H,1-3H3. The van der Waals surface area contributed by atoms with E-state index in [2.05, 4.69) is 26.8 Å². The van der Waals surface area contributed by atoms with Crippen molar-refractivity contribution >= 4 is 0 Å². The van der Waals surface area contributed by atoms with Gasteiger partial charge < -0.3 is 4.74 Å². The average Bonchev–Trinajstić information content (AvgIpc) is 2.03. The van der Waals surface area contributed by atoms with Crippen LogP contribution in [0.4, 0.5) is 0 Å². The van der Waals surface area contributed by atoms with Crippen LogP contribution in [-0.2, 0) is 4.74 Å². The van der Waals surface area contributed by atoms with E-state index in [0.717, 1.165) is 5.76 Å². The number of nitrogens with zero attached hydrogens (tertiary/aromatic N) is 1. The number of hydrogen-bond acceptors (Lipinski definition) is 2. The van der Waals surface area contributed by atoms with E-state index >= 15 is 0 Å². The molecule has 0 aromatic rings. The lowest BCUT2D eigenvalue weighted by Crippen LogP contribution is -2.14. The van der Waals surface area contributed by atoms with Gasteiger partial charge in [0, 0.05) is 5.41 Å². The molecule has 64 valence electrons. The van der Waals surface area contributed by atoms with Crippen molar-refractivity contribution in [3.8, 4) is 6.07 Å². The molecule has 0 radical (unpaired) electrons. The molecule has 0 saturated heterocycles. The van der Waals surface area contributed by atoms with Gasteiger partial charge in [-0.2, -0.15) is 5.26 Å². The Kier molecular flexibility index (Phi) is 2.23. The lowest BCUT2D eigenvalue weighted by molar-refractivity contribution is 0.236. The van der Waals surface area contributed by atoms with E-state index in [1.165, 1.54) is 0 Å². The molecule has 1 rings (SSSR count). The molecule has 1 heterocycles. The molecule has 0 aromatic carbocycles. The molecular formula is C10H13NO. The fourth-order valence-corrected chi connectivity index (χ4v) is 0.962. The molecule has 1 atom stereocenters. The van der Waals surface area contributed by atoms with Crippen LogP contribution in [0.25, 0.3) is 0 Å². The zero-order valence-corrected chi connectivity index (χ0v) is 7.66. The van der Waals surface area contributed by atoms with Gasteiger partial charge in [-0.05, 0) is 12.2 Å². The summed E-state index contributed by atoms with van der Waals surface area (Å²) in [4.78, 5) is 0. The van der Waals surface area contributed by atoms with Crippen molar-refractivity contribution in [3.63, 3.8) is 0 Å². The summed E-state index contributed by atoms with van der Waals surface area (Å²) in [5, 5.41) is 8.67. The van der Waals surface area contributed by atoms with E-state index in [9.17, 15) is 0 Å². The minimum absolute atomic E-state index is 0.0140. The fourth-order valence-electron chi connectivity index (χ4n) is 0.962. The lowest BCUT2D eigenvalue weighted by atomic mass is 9.91. The monoisotopic (exact) mass is 163 g/mol. The van der Waals surface area contributed by atoms with Crippen molar-refractivity contribution in [3.05, 3.63) is 24.2 Å². The van der Waals surface area contributed by atoms with Crippen LogP contribution in [-0.4, -0.2) is 0 Å². The molecule has 12 heavy (non-hydrogen) atoms. The summed E-state index contributed by atoms with van der Waals surface area (Å²) in [7, 11) is 0. The summed E-state index contributed by atoms with van der Waals surface area (Å²) in [6.45, 7) is 6.19. The van der Waals surface area contributed by atoms with E-state index < -0.39 is 0 Å². The molecule has 1 unspecified atom stereocenters. The molecule has 0 aliphatic carbocycles. The minimum Gasteiger partial charge on any atom is -0.469 e. The average molecular weight is 163 g/mol. The minimum atomic E-state index is -0.132. The van der Waals surface area contributed by atoms with Gasteiger partial charge >= 0.3 is 0 Å². The van der Waals surface area contributed by atoms with Crippen LogP contribution in [0.2, 0.25) is 0 Å². The second kappa shape index (κ2) is 3.02. The first-order valence-electron chi connectivity index (χ1n) is 3.99. The van der Waals surface area contributed by atoms with Gasteiger partial charge in [0.1, 0.15) is 5.76 Å².